The van der Waals surface area contributed by atoms with Gasteiger partial charge in [0.15, 0.2) is 0 Å². The second-order valence-electron chi connectivity index (χ2n) is 5.47. The van der Waals surface area contributed by atoms with Crippen molar-refractivity contribution in [2.45, 2.75) is 18.9 Å². The molecule has 1 aromatic heterocycles. The van der Waals surface area contributed by atoms with Gasteiger partial charge >= 0.3 is 0 Å². The Bertz CT molecular complexity index is 591. The Morgan fingerprint density at radius 1 is 1.25 bits per heavy atom. The van der Waals surface area contributed by atoms with E-state index in [2.05, 4.69) is 34.4 Å². The summed E-state index contributed by atoms with van der Waals surface area (Å²) in [6, 6.07) is 8.67. The van der Waals surface area contributed by atoms with Gasteiger partial charge in [-0.15, -0.1) is 0 Å². The van der Waals surface area contributed by atoms with Gasteiger partial charge in [-0.25, -0.2) is 4.98 Å². The van der Waals surface area contributed by atoms with E-state index in [1.807, 2.05) is 18.3 Å². The lowest BCUT2D eigenvalue weighted by molar-refractivity contribution is 0.264. The van der Waals surface area contributed by atoms with E-state index < -0.39 is 0 Å². The number of nitrogens with one attached hydrogen (secondary N) is 1. The monoisotopic (exact) mass is 271 g/mol. The van der Waals surface area contributed by atoms with Gasteiger partial charge in [0, 0.05) is 17.6 Å². The molecule has 2 aromatic rings. The van der Waals surface area contributed by atoms with Crippen LogP contribution in [-0.4, -0.2) is 43.2 Å². The third-order valence-electron chi connectivity index (χ3n) is 4.03. The maximum absolute atomic E-state index is 5.28. The molecular weight excluding hydrogens is 250 g/mol. The Kier molecular flexibility index (Phi) is 3.74. The zero-order valence-electron chi connectivity index (χ0n) is 12.1. The molecule has 0 spiro atoms. The molecule has 0 atom stereocenters. The van der Waals surface area contributed by atoms with Crippen molar-refractivity contribution in [3.8, 4) is 5.75 Å². The fraction of sp³-hybridized carbons (Fsp3) is 0.438. The van der Waals surface area contributed by atoms with Crippen LogP contribution in [0.3, 0.4) is 0 Å². The van der Waals surface area contributed by atoms with Crippen molar-refractivity contribution in [3.05, 3.63) is 30.5 Å². The van der Waals surface area contributed by atoms with Crippen molar-refractivity contribution < 1.29 is 4.74 Å². The fourth-order valence-corrected chi connectivity index (χ4v) is 2.74. The van der Waals surface area contributed by atoms with Crippen LogP contribution in [0.25, 0.3) is 10.8 Å². The summed E-state index contributed by atoms with van der Waals surface area (Å²) in [5, 5.41) is 5.92. The summed E-state index contributed by atoms with van der Waals surface area (Å²) in [5.41, 5.74) is 0. The normalized spacial score (nSPS) is 17.3. The molecule has 0 unspecified atom stereocenters. The van der Waals surface area contributed by atoms with E-state index in [1.54, 1.807) is 7.11 Å². The lowest BCUT2D eigenvalue weighted by Crippen LogP contribution is -2.36. The number of anilines is 1. The zero-order chi connectivity index (χ0) is 13.9. The van der Waals surface area contributed by atoms with Crippen LogP contribution < -0.4 is 10.1 Å². The molecule has 0 aliphatic carbocycles. The highest BCUT2D eigenvalue weighted by atomic mass is 16.5. The summed E-state index contributed by atoms with van der Waals surface area (Å²) in [6.45, 7) is 2.30. The molecule has 4 heteroatoms. The lowest BCUT2D eigenvalue weighted by atomic mass is 10.0. The molecule has 3 rings (SSSR count). The van der Waals surface area contributed by atoms with Crippen molar-refractivity contribution in [1.29, 1.82) is 0 Å². The number of hydrogen-bond acceptors (Lipinski definition) is 4. The van der Waals surface area contributed by atoms with E-state index in [1.165, 1.54) is 12.8 Å². The predicted octanol–water partition coefficient (Wildman–Crippen LogP) is 2.75. The van der Waals surface area contributed by atoms with Gasteiger partial charge in [0.25, 0.3) is 0 Å². The second kappa shape index (κ2) is 5.67. The Labute approximate surface area is 119 Å². The van der Waals surface area contributed by atoms with Crippen LogP contribution in [0.15, 0.2) is 30.5 Å². The molecule has 106 valence electrons. The van der Waals surface area contributed by atoms with E-state index in [-0.39, 0.29) is 0 Å². The number of aromatic nitrogens is 1. The van der Waals surface area contributed by atoms with Gasteiger partial charge in [0.2, 0.25) is 0 Å². The third kappa shape index (κ3) is 2.70. The van der Waals surface area contributed by atoms with E-state index in [0.717, 1.165) is 35.4 Å². The van der Waals surface area contributed by atoms with Crippen LogP contribution in [0.2, 0.25) is 0 Å². The number of likely N-dealkylation sites (tertiary alicyclic amines) is 1. The maximum atomic E-state index is 5.28. The van der Waals surface area contributed by atoms with Gasteiger partial charge in [0.1, 0.15) is 11.6 Å². The fourth-order valence-electron chi connectivity index (χ4n) is 2.74. The Morgan fingerprint density at radius 3 is 2.80 bits per heavy atom. The molecule has 0 radical (unpaired) electrons. The van der Waals surface area contributed by atoms with Crippen LogP contribution in [0, 0.1) is 0 Å². The molecule has 2 heterocycles. The number of benzene rings is 1. The first kappa shape index (κ1) is 13.2. The van der Waals surface area contributed by atoms with Crippen LogP contribution in [0.1, 0.15) is 12.8 Å². The smallest absolute Gasteiger partial charge is 0.134 e. The number of hydrogen-bond donors (Lipinski definition) is 1. The first-order chi connectivity index (χ1) is 9.76. The van der Waals surface area contributed by atoms with Crippen molar-refractivity contribution in [2.24, 2.45) is 0 Å². The molecule has 0 saturated carbocycles. The van der Waals surface area contributed by atoms with Gasteiger partial charge in [-0.3, -0.25) is 0 Å². The van der Waals surface area contributed by atoms with Crippen molar-refractivity contribution in [1.82, 2.24) is 9.88 Å². The molecule has 1 aromatic carbocycles. The third-order valence-corrected chi connectivity index (χ3v) is 4.03. The molecule has 0 bridgehead atoms. The van der Waals surface area contributed by atoms with Crippen LogP contribution in [0.5, 0.6) is 5.75 Å². The Morgan fingerprint density at radius 2 is 2.05 bits per heavy atom. The summed E-state index contributed by atoms with van der Waals surface area (Å²) in [5.74, 6) is 1.87. The summed E-state index contributed by atoms with van der Waals surface area (Å²) >= 11 is 0. The van der Waals surface area contributed by atoms with Crippen molar-refractivity contribution >= 4 is 16.6 Å². The van der Waals surface area contributed by atoms with Gasteiger partial charge in [-0.1, -0.05) is 0 Å². The number of piperidine rings is 1. The maximum Gasteiger partial charge on any atom is 0.134 e. The molecule has 4 nitrogen and oxygen atoms in total. The zero-order valence-corrected chi connectivity index (χ0v) is 12.1. The highest BCUT2D eigenvalue weighted by Crippen LogP contribution is 2.26. The van der Waals surface area contributed by atoms with Crippen molar-refractivity contribution in [2.75, 3.05) is 32.6 Å². The molecule has 20 heavy (non-hydrogen) atoms. The van der Waals surface area contributed by atoms with E-state index in [4.69, 9.17) is 4.74 Å². The van der Waals surface area contributed by atoms with E-state index in [9.17, 15) is 0 Å². The highest BCUT2D eigenvalue weighted by Gasteiger charge is 2.17. The van der Waals surface area contributed by atoms with Crippen LogP contribution in [-0.2, 0) is 0 Å². The Balaban J connectivity index is 1.84. The Hall–Kier alpha value is -1.81. The van der Waals surface area contributed by atoms with E-state index >= 15 is 0 Å². The van der Waals surface area contributed by atoms with Crippen molar-refractivity contribution in [3.63, 3.8) is 0 Å². The van der Waals surface area contributed by atoms with E-state index in [0.29, 0.717) is 6.04 Å². The average molecular weight is 271 g/mol. The van der Waals surface area contributed by atoms with Crippen LogP contribution in [0.4, 0.5) is 5.82 Å². The number of fused-ring (bicyclic) bond motifs is 1. The molecular formula is C16H21N3O. The summed E-state index contributed by atoms with van der Waals surface area (Å²) in [4.78, 5) is 6.88. The first-order valence-electron chi connectivity index (χ1n) is 7.14. The number of rotatable bonds is 3. The van der Waals surface area contributed by atoms with Gasteiger partial charge in [0.05, 0.1) is 7.11 Å². The average Bonchev–Trinajstić information content (AvgIpc) is 2.49. The minimum absolute atomic E-state index is 0.520. The van der Waals surface area contributed by atoms with Gasteiger partial charge in [-0.2, -0.15) is 0 Å². The summed E-state index contributed by atoms with van der Waals surface area (Å²) < 4.78 is 5.28. The standard InChI is InChI=1S/C16H21N3O/c1-19-9-6-13(7-10-19)18-16-15-4-3-14(20-2)11-12(15)5-8-17-16/h3-5,8,11,13H,6-7,9-10H2,1-2H3,(H,17,18). The van der Waals surface area contributed by atoms with Crippen LogP contribution >= 0.6 is 0 Å². The SMILES string of the molecule is COc1ccc2c(NC3CCN(C)CC3)nccc2c1. The number of nitrogens with zero attached hydrogens (tertiary/aromatic N) is 2. The minimum atomic E-state index is 0.520. The predicted molar refractivity (Wildman–Crippen MR) is 82.4 cm³/mol. The summed E-state index contributed by atoms with van der Waals surface area (Å²) in [7, 11) is 3.87. The number of methoxy groups -OCH3 is 1. The van der Waals surface area contributed by atoms with Gasteiger partial charge < -0.3 is 15.0 Å². The number of pyridine rings is 1. The minimum Gasteiger partial charge on any atom is -0.497 e. The number of ether oxygens (including phenoxy) is 1. The first-order valence-corrected chi connectivity index (χ1v) is 7.14. The van der Waals surface area contributed by atoms with Gasteiger partial charge in [-0.05, 0) is 62.6 Å². The summed E-state index contributed by atoms with van der Waals surface area (Å²) in [6.07, 6.45) is 4.20. The largest absolute Gasteiger partial charge is 0.497 e. The molecule has 1 aliphatic heterocycles. The molecule has 0 amide bonds. The lowest BCUT2D eigenvalue weighted by Gasteiger charge is -2.30. The second-order valence-corrected chi connectivity index (χ2v) is 5.47. The topological polar surface area (TPSA) is 37.4 Å². The quantitative estimate of drug-likeness (QED) is 0.931. The molecule has 1 fully saturated rings. The molecule has 1 N–H and O–H groups in total. The molecule has 1 saturated heterocycles. The highest BCUT2D eigenvalue weighted by molar-refractivity contribution is 5.92. The molecule has 1 aliphatic rings.